The van der Waals surface area contributed by atoms with Crippen LogP contribution in [0.15, 0.2) is 61.3 Å². The molecule has 0 spiro atoms. The van der Waals surface area contributed by atoms with Crippen LogP contribution in [-0.2, 0) is 7.05 Å². The van der Waals surface area contributed by atoms with Gasteiger partial charge in [-0.15, -0.1) is 0 Å². The van der Waals surface area contributed by atoms with Gasteiger partial charge in [-0.1, -0.05) is 24.3 Å². The van der Waals surface area contributed by atoms with Gasteiger partial charge in [0.1, 0.15) is 0 Å². The predicted octanol–water partition coefficient (Wildman–Crippen LogP) is 3.59. The van der Waals surface area contributed by atoms with Crippen molar-refractivity contribution < 1.29 is 4.79 Å². The number of rotatable bonds is 4. The van der Waals surface area contributed by atoms with Crippen LogP contribution in [-0.4, -0.2) is 31.7 Å². The number of amides is 1. The first-order valence-electron chi connectivity index (χ1n) is 9.31. The van der Waals surface area contributed by atoms with Crippen LogP contribution < -0.4 is 5.32 Å². The summed E-state index contributed by atoms with van der Waals surface area (Å²) in [4.78, 5) is 21.2. The molecule has 1 saturated carbocycles. The highest BCUT2D eigenvalue weighted by Crippen LogP contribution is 2.30. The summed E-state index contributed by atoms with van der Waals surface area (Å²) in [5, 5.41) is 8.17. The molecule has 4 aromatic rings. The molecule has 0 unspecified atom stereocenters. The number of carbonyl (C=O) groups excluding carboxylic acids is 1. The number of aromatic nitrogens is 4. The molecule has 1 amide bonds. The smallest absolute Gasteiger partial charge is 0.253 e. The molecular formula is C22H19N5O. The van der Waals surface area contributed by atoms with Gasteiger partial charge < -0.3 is 5.32 Å². The van der Waals surface area contributed by atoms with Gasteiger partial charge in [-0.2, -0.15) is 5.10 Å². The number of fused-ring (bicyclic) bond motifs is 1. The molecule has 5 rings (SSSR count). The Kier molecular flexibility index (Phi) is 3.90. The topological polar surface area (TPSA) is 72.7 Å². The van der Waals surface area contributed by atoms with Crippen molar-refractivity contribution in [3.8, 4) is 22.3 Å². The lowest BCUT2D eigenvalue weighted by Gasteiger charge is -2.09. The number of nitrogens with zero attached hydrogens (tertiary/aromatic N) is 4. The van der Waals surface area contributed by atoms with Crippen molar-refractivity contribution >= 4 is 16.8 Å². The number of benzene rings is 1. The zero-order chi connectivity index (χ0) is 19.1. The summed E-state index contributed by atoms with van der Waals surface area (Å²) in [6.45, 7) is 0. The summed E-state index contributed by atoms with van der Waals surface area (Å²) in [6, 6.07) is 10.5. The summed E-state index contributed by atoms with van der Waals surface area (Å²) < 4.78 is 1.79. The highest BCUT2D eigenvalue weighted by molar-refractivity contribution is 6.01. The summed E-state index contributed by atoms with van der Waals surface area (Å²) in [5.74, 6) is -0.0633. The van der Waals surface area contributed by atoms with Crippen molar-refractivity contribution in [3.05, 3.63) is 66.9 Å². The fraction of sp³-hybridized carbons (Fsp3) is 0.182. The SMILES string of the molecule is Cn1cc(-c2ccc(-c3cncc4ncc(C(=O)NC5CC5)cc34)cc2)cn1. The Labute approximate surface area is 162 Å². The van der Waals surface area contributed by atoms with Gasteiger partial charge in [-0.25, -0.2) is 0 Å². The van der Waals surface area contributed by atoms with Gasteiger partial charge in [0.25, 0.3) is 5.91 Å². The van der Waals surface area contributed by atoms with Gasteiger partial charge in [0.2, 0.25) is 0 Å². The van der Waals surface area contributed by atoms with Gasteiger partial charge in [-0.05, 0) is 30.0 Å². The van der Waals surface area contributed by atoms with Crippen molar-refractivity contribution in [2.75, 3.05) is 0 Å². The lowest BCUT2D eigenvalue weighted by atomic mass is 9.99. The van der Waals surface area contributed by atoms with Gasteiger partial charge >= 0.3 is 0 Å². The normalized spacial score (nSPS) is 13.6. The van der Waals surface area contributed by atoms with E-state index in [1.165, 1.54) is 0 Å². The van der Waals surface area contributed by atoms with Crippen LogP contribution in [0.4, 0.5) is 0 Å². The fourth-order valence-electron chi connectivity index (χ4n) is 3.31. The van der Waals surface area contributed by atoms with Crippen LogP contribution in [0.5, 0.6) is 0 Å². The monoisotopic (exact) mass is 369 g/mol. The Morgan fingerprint density at radius 2 is 1.82 bits per heavy atom. The van der Waals surface area contributed by atoms with E-state index < -0.39 is 0 Å². The zero-order valence-electron chi connectivity index (χ0n) is 15.5. The second-order valence-corrected chi connectivity index (χ2v) is 7.21. The summed E-state index contributed by atoms with van der Waals surface area (Å²) in [5.41, 5.74) is 5.53. The van der Waals surface area contributed by atoms with Crippen molar-refractivity contribution in [1.82, 2.24) is 25.1 Å². The maximum absolute atomic E-state index is 12.4. The fourth-order valence-corrected chi connectivity index (χ4v) is 3.31. The van der Waals surface area contributed by atoms with Crippen LogP contribution >= 0.6 is 0 Å². The minimum atomic E-state index is -0.0633. The molecule has 1 aromatic carbocycles. The molecule has 3 aromatic heterocycles. The molecule has 1 aliphatic rings. The standard InChI is InChI=1S/C22H19N5O/c1-27-13-17(10-25-27)14-2-4-15(5-3-14)20-11-23-12-21-19(20)8-16(9-24-21)22(28)26-18-6-7-18/h2-5,8-13,18H,6-7H2,1H3,(H,26,28). The van der Waals surface area contributed by atoms with Gasteiger partial charge in [0, 0.05) is 48.2 Å². The molecule has 0 saturated heterocycles. The second-order valence-electron chi connectivity index (χ2n) is 7.21. The molecule has 1 fully saturated rings. The van der Waals surface area contributed by atoms with Gasteiger partial charge in [-0.3, -0.25) is 19.4 Å². The van der Waals surface area contributed by atoms with E-state index in [1.807, 2.05) is 31.7 Å². The Balaban J connectivity index is 1.53. The van der Waals surface area contributed by atoms with E-state index in [1.54, 1.807) is 17.1 Å². The van der Waals surface area contributed by atoms with Crippen LogP contribution in [0.3, 0.4) is 0 Å². The Hall–Kier alpha value is -3.54. The summed E-state index contributed by atoms with van der Waals surface area (Å²) in [6.07, 6.45) is 11.1. The van der Waals surface area contributed by atoms with Gasteiger partial charge in [0.15, 0.2) is 0 Å². The average Bonchev–Trinajstić information content (AvgIpc) is 3.44. The van der Waals surface area contributed by atoms with E-state index in [0.29, 0.717) is 11.6 Å². The van der Waals surface area contributed by atoms with Crippen molar-refractivity contribution in [1.29, 1.82) is 0 Å². The quantitative estimate of drug-likeness (QED) is 0.597. The molecule has 6 heteroatoms. The lowest BCUT2D eigenvalue weighted by molar-refractivity contribution is 0.0951. The third-order valence-electron chi connectivity index (χ3n) is 5.02. The minimum absolute atomic E-state index is 0.0633. The number of aryl methyl sites for hydroxylation is 1. The molecule has 1 aliphatic carbocycles. The molecule has 138 valence electrons. The number of hydrogen-bond acceptors (Lipinski definition) is 4. The molecule has 28 heavy (non-hydrogen) atoms. The molecular weight excluding hydrogens is 350 g/mol. The van der Waals surface area contributed by atoms with E-state index in [4.69, 9.17) is 0 Å². The molecule has 0 aliphatic heterocycles. The first-order valence-corrected chi connectivity index (χ1v) is 9.31. The second kappa shape index (κ2) is 6.56. The van der Waals surface area contributed by atoms with Crippen LogP contribution in [0, 0.1) is 0 Å². The van der Waals surface area contributed by atoms with E-state index in [-0.39, 0.29) is 5.91 Å². The Morgan fingerprint density at radius 1 is 1.04 bits per heavy atom. The molecule has 0 radical (unpaired) electrons. The Morgan fingerprint density at radius 3 is 2.54 bits per heavy atom. The van der Waals surface area contributed by atoms with Crippen LogP contribution in [0.2, 0.25) is 0 Å². The number of carbonyl (C=O) groups is 1. The summed E-state index contributed by atoms with van der Waals surface area (Å²) >= 11 is 0. The van der Waals surface area contributed by atoms with Crippen LogP contribution in [0.25, 0.3) is 33.2 Å². The first kappa shape index (κ1) is 16.6. The highest BCUT2D eigenvalue weighted by Gasteiger charge is 2.24. The molecule has 6 nitrogen and oxygen atoms in total. The third-order valence-corrected chi connectivity index (χ3v) is 5.02. The van der Waals surface area contributed by atoms with Crippen molar-refractivity contribution in [3.63, 3.8) is 0 Å². The number of pyridine rings is 2. The summed E-state index contributed by atoms with van der Waals surface area (Å²) in [7, 11) is 1.91. The third kappa shape index (κ3) is 3.13. The van der Waals surface area contributed by atoms with E-state index in [2.05, 4.69) is 44.6 Å². The highest BCUT2D eigenvalue weighted by atomic mass is 16.1. The molecule has 3 heterocycles. The van der Waals surface area contributed by atoms with Gasteiger partial charge in [0.05, 0.1) is 23.5 Å². The van der Waals surface area contributed by atoms with Crippen molar-refractivity contribution in [2.45, 2.75) is 18.9 Å². The number of nitrogens with one attached hydrogen (secondary N) is 1. The minimum Gasteiger partial charge on any atom is -0.349 e. The maximum atomic E-state index is 12.4. The largest absolute Gasteiger partial charge is 0.349 e. The molecule has 0 bridgehead atoms. The van der Waals surface area contributed by atoms with Crippen LogP contribution in [0.1, 0.15) is 23.2 Å². The Bertz CT molecular complexity index is 1180. The predicted molar refractivity (Wildman–Crippen MR) is 108 cm³/mol. The van der Waals surface area contributed by atoms with E-state index in [0.717, 1.165) is 46.0 Å². The molecule has 1 N–H and O–H groups in total. The zero-order valence-corrected chi connectivity index (χ0v) is 15.5. The lowest BCUT2D eigenvalue weighted by Crippen LogP contribution is -2.25. The average molecular weight is 369 g/mol. The van der Waals surface area contributed by atoms with Crippen molar-refractivity contribution in [2.24, 2.45) is 7.05 Å². The first-order chi connectivity index (χ1) is 13.7. The molecule has 0 atom stereocenters. The number of hydrogen-bond donors (Lipinski definition) is 1. The van der Waals surface area contributed by atoms with E-state index >= 15 is 0 Å². The van der Waals surface area contributed by atoms with E-state index in [9.17, 15) is 4.79 Å². The maximum Gasteiger partial charge on any atom is 0.253 e.